The molecule has 0 aliphatic heterocycles. The predicted molar refractivity (Wildman–Crippen MR) is 19.5 cm³/mol. The minimum Gasteiger partial charge on any atom is -0.788 e. The van der Waals surface area contributed by atoms with Crippen LogP contribution in [0.2, 0.25) is 0 Å². The summed E-state index contributed by atoms with van der Waals surface area (Å²) in [4.78, 5) is 0. The summed E-state index contributed by atoms with van der Waals surface area (Å²) in [6.45, 7) is 0. The molecular weight excluding hydrogens is 66.0 g/mol. The maximum Gasteiger partial charge on any atom is -0.00498 e. The molecule has 2 nitrogen and oxygen atoms in total. The Morgan fingerprint density at radius 2 is 2.20 bits per heavy atom. The van der Waals surface area contributed by atoms with Gasteiger partial charge in [0.1, 0.15) is 0 Å². The summed E-state index contributed by atoms with van der Waals surface area (Å²) in [7, 11) is 0. The van der Waals surface area contributed by atoms with Crippen LogP contribution < -0.4 is 5.48 Å². The van der Waals surface area contributed by atoms with Crippen LogP contribution >= 0.6 is 0 Å². The van der Waals surface area contributed by atoms with Gasteiger partial charge in [-0.1, -0.05) is 0 Å². The highest BCUT2D eigenvalue weighted by Gasteiger charge is 2.14. The Morgan fingerprint density at radius 3 is 2.20 bits per heavy atom. The molecular formula is C3H6NO-. The van der Waals surface area contributed by atoms with Crippen LogP contribution in [0.4, 0.5) is 0 Å². The van der Waals surface area contributed by atoms with Crippen LogP contribution in [0.3, 0.4) is 0 Å². The molecule has 1 rings (SSSR count). The molecule has 0 aromatic carbocycles. The molecule has 1 saturated carbocycles. The third-order valence-electron chi connectivity index (χ3n) is 0.744. The van der Waals surface area contributed by atoms with Crippen LogP contribution in [0, 0.1) is 5.21 Å². The second-order valence-electron chi connectivity index (χ2n) is 1.39. The van der Waals surface area contributed by atoms with Crippen LogP contribution in [0.1, 0.15) is 12.8 Å². The quantitative estimate of drug-likeness (QED) is 0.450. The molecule has 30 valence electrons. The van der Waals surface area contributed by atoms with Crippen LogP contribution in [-0.2, 0) is 0 Å². The third kappa shape index (κ3) is 0.597. The molecule has 0 unspecified atom stereocenters. The van der Waals surface area contributed by atoms with Gasteiger partial charge in [-0.25, -0.2) is 0 Å². The van der Waals surface area contributed by atoms with E-state index in [1.54, 1.807) is 0 Å². The summed E-state index contributed by atoms with van der Waals surface area (Å²) in [5.74, 6) is 0. The van der Waals surface area contributed by atoms with Crippen LogP contribution in [0.25, 0.3) is 0 Å². The molecule has 2 heteroatoms. The molecule has 0 saturated heterocycles. The molecule has 0 aromatic heterocycles. The van der Waals surface area contributed by atoms with Crippen LogP contribution in [0.5, 0.6) is 0 Å². The summed E-state index contributed by atoms with van der Waals surface area (Å²) in [5.41, 5.74) is 1.89. The van der Waals surface area contributed by atoms with Gasteiger partial charge >= 0.3 is 0 Å². The number of hydrogen-bond acceptors (Lipinski definition) is 2. The fraction of sp³-hybridized carbons (Fsp3) is 1.00. The van der Waals surface area contributed by atoms with Crippen LogP contribution in [-0.4, -0.2) is 6.04 Å². The summed E-state index contributed by atoms with van der Waals surface area (Å²) in [6.07, 6.45) is 2.17. The van der Waals surface area contributed by atoms with Gasteiger partial charge in [0.05, 0.1) is 0 Å². The summed E-state index contributed by atoms with van der Waals surface area (Å²) >= 11 is 0. The van der Waals surface area contributed by atoms with Crippen molar-refractivity contribution in [3.8, 4) is 0 Å². The molecule has 0 spiro atoms. The van der Waals surface area contributed by atoms with Crippen molar-refractivity contribution in [2.45, 2.75) is 18.9 Å². The molecule has 1 N–H and O–H groups in total. The van der Waals surface area contributed by atoms with Gasteiger partial charge in [0.2, 0.25) is 0 Å². The lowest BCUT2D eigenvalue weighted by Gasteiger charge is -1.99. The molecule has 0 bridgehead atoms. The molecule has 1 aliphatic rings. The molecule has 1 aliphatic carbocycles. The molecule has 0 amide bonds. The maximum absolute atomic E-state index is 9.44. The van der Waals surface area contributed by atoms with Gasteiger partial charge in [-0.15, -0.1) is 0 Å². The van der Waals surface area contributed by atoms with E-state index in [1.165, 1.54) is 0 Å². The van der Waals surface area contributed by atoms with Crippen molar-refractivity contribution in [2.75, 3.05) is 0 Å². The summed E-state index contributed by atoms with van der Waals surface area (Å²) in [5, 5.41) is 9.44. The highest BCUT2D eigenvalue weighted by molar-refractivity contribution is 4.80. The van der Waals surface area contributed by atoms with E-state index in [0.717, 1.165) is 12.8 Å². The Labute approximate surface area is 30.8 Å². The third-order valence-corrected chi connectivity index (χ3v) is 0.744. The first kappa shape index (κ1) is 3.12. The highest BCUT2D eigenvalue weighted by atomic mass is 16.5. The van der Waals surface area contributed by atoms with Gasteiger partial charge in [0.15, 0.2) is 0 Å². The largest absolute Gasteiger partial charge is 0.788 e. The standard InChI is InChI=1S/C3H6NO/c5-4-3-1-2-3/h3-4H,1-2H2/q-1. The lowest BCUT2D eigenvalue weighted by atomic mass is 10.8. The zero-order chi connectivity index (χ0) is 3.70. The Kier molecular flexibility index (Phi) is 0.596. The molecule has 0 atom stereocenters. The molecule has 0 aromatic rings. The predicted octanol–water partition coefficient (Wildman–Crippen LogP) is 0.236. The highest BCUT2D eigenvalue weighted by Crippen LogP contribution is 2.17. The number of hydroxylamine groups is 1. The van der Waals surface area contributed by atoms with Crippen molar-refractivity contribution in [1.29, 1.82) is 0 Å². The second kappa shape index (κ2) is 0.954. The average molecular weight is 72.1 g/mol. The van der Waals surface area contributed by atoms with Crippen LogP contribution in [0.15, 0.2) is 0 Å². The Hall–Kier alpha value is -0.0800. The van der Waals surface area contributed by atoms with Crippen molar-refractivity contribution in [3.63, 3.8) is 0 Å². The van der Waals surface area contributed by atoms with Crippen molar-refractivity contribution in [2.24, 2.45) is 0 Å². The van der Waals surface area contributed by atoms with Crippen molar-refractivity contribution in [3.05, 3.63) is 5.21 Å². The molecule has 5 heavy (non-hydrogen) atoms. The maximum atomic E-state index is 9.44. The fourth-order valence-corrected chi connectivity index (χ4v) is 0.201. The van der Waals surface area contributed by atoms with Gasteiger partial charge in [0, 0.05) is 0 Å². The summed E-state index contributed by atoms with van der Waals surface area (Å²) < 4.78 is 0. The monoisotopic (exact) mass is 72.0 g/mol. The minimum absolute atomic E-state index is 0.329. The van der Waals surface area contributed by atoms with Gasteiger partial charge in [-0.05, 0) is 18.9 Å². The SMILES string of the molecule is [O-]NC1CC1. The van der Waals surface area contributed by atoms with Crippen molar-refractivity contribution < 1.29 is 0 Å². The molecule has 0 heterocycles. The number of rotatable bonds is 1. The molecule has 1 fully saturated rings. The lowest BCUT2D eigenvalue weighted by molar-refractivity contribution is 0.868. The minimum atomic E-state index is 0.329. The Balaban J connectivity index is 2.00. The number of nitrogens with one attached hydrogen (secondary N) is 1. The van der Waals surface area contributed by atoms with E-state index in [-0.39, 0.29) is 0 Å². The zero-order valence-corrected chi connectivity index (χ0v) is 2.90. The lowest BCUT2D eigenvalue weighted by Crippen LogP contribution is -2.03. The van der Waals surface area contributed by atoms with E-state index in [0.29, 0.717) is 6.04 Å². The van der Waals surface area contributed by atoms with Gasteiger partial charge in [0.25, 0.3) is 0 Å². The normalized spacial score (nSPS) is 23.4. The van der Waals surface area contributed by atoms with E-state index >= 15 is 0 Å². The van der Waals surface area contributed by atoms with E-state index in [9.17, 15) is 5.21 Å². The van der Waals surface area contributed by atoms with Gasteiger partial charge in [-0.3, -0.25) is 0 Å². The topological polar surface area (TPSA) is 35.1 Å². The van der Waals surface area contributed by atoms with E-state index in [2.05, 4.69) is 0 Å². The smallest absolute Gasteiger partial charge is 0.00498 e. The summed E-state index contributed by atoms with van der Waals surface area (Å²) in [6, 6.07) is 0.329. The van der Waals surface area contributed by atoms with Crippen molar-refractivity contribution >= 4 is 0 Å². The first-order chi connectivity index (χ1) is 2.43. The molecule has 0 radical (unpaired) electrons. The first-order valence-electron chi connectivity index (χ1n) is 1.81. The Bertz CT molecular complexity index is 33.9. The zero-order valence-electron chi connectivity index (χ0n) is 2.90. The van der Waals surface area contributed by atoms with Gasteiger partial charge < -0.3 is 10.7 Å². The van der Waals surface area contributed by atoms with E-state index in [1.807, 2.05) is 5.48 Å². The van der Waals surface area contributed by atoms with Gasteiger partial charge in [-0.2, -0.15) is 0 Å². The second-order valence-corrected chi connectivity index (χ2v) is 1.39. The fourth-order valence-electron chi connectivity index (χ4n) is 0.201. The van der Waals surface area contributed by atoms with E-state index < -0.39 is 0 Å². The van der Waals surface area contributed by atoms with Crippen molar-refractivity contribution in [1.82, 2.24) is 5.48 Å². The average Bonchev–Trinajstić information content (AvgIpc) is 2.12. The number of hydrogen-bond donors (Lipinski definition) is 1. The first-order valence-corrected chi connectivity index (χ1v) is 1.81. The Morgan fingerprint density at radius 1 is 1.60 bits per heavy atom. The van der Waals surface area contributed by atoms with E-state index in [4.69, 9.17) is 0 Å².